The summed E-state index contributed by atoms with van der Waals surface area (Å²) in [6.45, 7) is 6.44. The van der Waals surface area contributed by atoms with Gasteiger partial charge in [-0.05, 0) is 12.8 Å². The third-order valence-corrected chi connectivity index (χ3v) is 4.20. The molecule has 0 saturated carbocycles. The van der Waals surface area contributed by atoms with E-state index in [9.17, 15) is 14.4 Å². The van der Waals surface area contributed by atoms with Crippen molar-refractivity contribution in [1.29, 1.82) is 0 Å². The molecule has 9 nitrogen and oxygen atoms in total. The number of aryl methyl sites for hydroxylation is 2. The average molecular weight is 347 g/mol. The molecule has 0 fully saturated rings. The highest BCUT2D eigenvalue weighted by molar-refractivity contribution is 5.76. The van der Waals surface area contributed by atoms with Crippen molar-refractivity contribution in [3.05, 3.63) is 32.7 Å². The van der Waals surface area contributed by atoms with Gasteiger partial charge in [0.1, 0.15) is 6.54 Å². The first kappa shape index (κ1) is 17.0. The number of nitrogens with zero attached hydrogens (tertiary/aromatic N) is 5. The first-order valence-electron chi connectivity index (χ1n) is 8.00. The van der Waals surface area contributed by atoms with Gasteiger partial charge in [0.2, 0.25) is 5.78 Å². The topological polar surface area (TPSA) is 92.5 Å². The van der Waals surface area contributed by atoms with Crippen LogP contribution in [0.5, 0.6) is 0 Å². The Hall–Kier alpha value is -2.84. The molecule has 0 atom stereocenters. The van der Waals surface area contributed by atoms with Crippen molar-refractivity contribution in [2.45, 2.75) is 33.9 Å². The highest BCUT2D eigenvalue weighted by Gasteiger charge is 2.21. The smallest absolute Gasteiger partial charge is 0.333 e. The van der Waals surface area contributed by atoms with E-state index in [0.717, 1.165) is 16.8 Å². The van der Waals surface area contributed by atoms with Crippen LogP contribution in [0.1, 0.15) is 19.5 Å². The maximum atomic E-state index is 12.8. The predicted molar refractivity (Wildman–Crippen MR) is 91.8 cm³/mol. The predicted octanol–water partition coefficient (Wildman–Crippen LogP) is 0.287. The summed E-state index contributed by atoms with van der Waals surface area (Å²) < 4.78 is 10.4. The Bertz CT molecular complexity index is 1100. The molecule has 25 heavy (non-hydrogen) atoms. The third kappa shape index (κ3) is 2.55. The average Bonchev–Trinajstić information content (AvgIpc) is 3.05. The van der Waals surface area contributed by atoms with E-state index in [1.807, 2.05) is 17.7 Å². The molecule has 0 spiro atoms. The van der Waals surface area contributed by atoms with Gasteiger partial charge in [0.05, 0.1) is 7.11 Å². The molecule has 0 aliphatic rings. The van der Waals surface area contributed by atoms with Crippen LogP contribution in [-0.2, 0) is 29.7 Å². The molecular weight excluding hydrogens is 326 g/mol. The molecule has 0 radical (unpaired) electrons. The van der Waals surface area contributed by atoms with Gasteiger partial charge in [-0.1, -0.05) is 13.8 Å². The summed E-state index contributed by atoms with van der Waals surface area (Å²) in [5, 5.41) is 0. The monoisotopic (exact) mass is 347 g/mol. The van der Waals surface area contributed by atoms with E-state index >= 15 is 0 Å². The molecule has 9 heteroatoms. The highest BCUT2D eigenvalue weighted by Crippen LogP contribution is 2.17. The molecule has 3 aromatic heterocycles. The number of hydrogen-bond donors (Lipinski definition) is 0. The number of carbonyl (C=O) groups excluding carboxylic acids is 1. The maximum absolute atomic E-state index is 12.8. The minimum absolute atomic E-state index is 0.270. The zero-order valence-corrected chi connectivity index (χ0v) is 14.9. The van der Waals surface area contributed by atoms with Crippen molar-refractivity contribution >= 4 is 22.9 Å². The number of hydrogen-bond acceptors (Lipinski definition) is 5. The summed E-state index contributed by atoms with van der Waals surface area (Å²) in [4.78, 5) is 41.4. The van der Waals surface area contributed by atoms with Crippen LogP contribution in [0.2, 0.25) is 0 Å². The van der Waals surface area contributed by atoms with Crippen LogP contribution in [0, 0.1) is 12.8 Å². The second kappa shape index (κ2) is 5.91. The minimum Gasteiger partial charge on any atom is -0.468 e. The molecule has 0 aliphatic carbocycles. The van der Waals surface area contributed by atoms with E-state index in [1.54, 1.807) is 4.40 Å². The number of aromatic nitrogens is 5. The summed E-state index contributed by atoms with van der Waals surface area (Å²) in [5.74, 6) is 0.339. The molecular formula is C16H21N5O4. The van der Waals surface area contributed by atoms with E-state index in [2.05, 4.69) is 23.6 Å². The quantitative estimate of drug-likeness (QED) is 0.632. The van der Waals surface area contributed by atoms with Crippen LogP contribution in [0.4, 0.5) is 0 Å². The molecule has 0 aliphatic heterocycles. The first-order valence-corrected chi connectivity index (χ1v) is 8.00. The minimum atomic E-state index is -0.659. The normalized spacial score (nSPS) is 11.8. The van der Waals surface area contributed by atoms with Gasteiger partial charge < -0.3 is 9.30 Å². The van der Waals surface area contributed by atoms with Gasteiger partial charge in [-0.15, -0.1) is 0 Å². The zero-order chi connectivity index (χ0) is 18.5. The fourth-order valence-electron chi connectivity index (χ4n) is 2.98. The van der Waals surface area contributed by atoms with Crippen molar-refractivity contribution in [1.82, 2.24) is 23.1 Å². The second-order valence-corrected chi connectivity index (χ2v) is 6.54. The molecule has 0 amide bonds. The summed E-state index contributed by atoms with van der Waals surface area (Å²) in [6, 6.07) is 0. The van der Waals surface area contributed by atoms with Gasteiger partial charge in [0.25, 0.3) is 5.56 Å². The van der Waals surface area contributed by atoms with Gasteiger partial charge in [0, 0.05) is 25.5 Å². The Morgan fingerprint density at radius 1 is 1.28 bits per heavy atom. The van der Waals surface area contributed by atoms with E-state index in [0.29, 0.717) is 17.3 Å². The lowest BCUT2D eigenvalue weighted by Gasteiger charge is -2.08. The second-order valence-electron chi connectivity index (χ2n) is 6.54. The Morgan fingerprint density at radius 2 is 1.96 bits per heavy atom. The van der Waals surface area contributed by atoms with Crippen LogP contribution in [0.15, 0.2) is 15.8 Å². The number of carbonyl (C=O) groups is 1. The highest BCUT2D eigenvalue weighted by atomic mass is 16.5. The number of fused-ring (bicyclic) bond motifs is 3. The lowest BCUT2D eigenvalue weighted by Crippen LogP contribution is -2.41. The number of ether oxygens (including phenoxy) is 1. The van der Waals surface area contributed by atoms with E-state index < -0.39 is 23.8 Å². The van der Waals surface area contributed by atoms with Crippen molar-refractivity contribution in [3.8, 4) is 0 Å². The third-order valence-electron chi connectivity index (χ3n) is 4.20. The molecule has 0 saturated heterocycles. The molecule has 0 N–H and O–H groups in total. The molecule has 0 bridgehead atoms. The Balaban J connectivity index is 2.38. The maximum Gasteiger partial charge on any atom is 0.333 e. The Morgan fingerprint density at radius 3 is 2.56 bits per heavy atom. The summed E-state index contributed by atoms with van der Waals surface area (Å²) in [5.41, 5.74) is 0.370. The largest absolute Gasteiger partial charge is 0.468 e. The van der Waals surface area contributed by atoms with Crippen molar-refractivity contribution in [2.24, 2.45) is 13.0 Å². The van der Waals surface area contributed by atoms with Crippen molar-refractivity contribution < 1.29 is 9.53 Å². The molecule has 3 heterocycles. The van der Waals surface area contributed by atoms with E-state index in [1.165, 1.54) is 18.7 Å². The fourth-order valence-corrected chi connectivity index (χ4v) is 2.98. The lowest BCUT2D eigenvalue weighted by molar-refractivity contribution is -0.141. The Kier molecular flexibility index (Phi) is 4.02. The van der Waals surface area contributed by atoms with E-state index in [4.69, 9.17) is 0 Å². The first-order chi connectivity index (χ1) is 11.8. The van der Waals surface area contributed by atoms with Crippen molar-refractivity contribution in [2.75, 3.05) is 7.11 Å². The Labute approximate surface area is 143 Å². The SMILES string of the molecule is COC(=O)Cn1c(=O)c2c(nc3n(CC(C)C)c(C)cn23)n(C)c1=O. The molecule has 3 rings (SSSR count). The lowest BCUT2D eigenvalue weighted by atomic mass is 10.2. The summed E-state index contributed by atoms with van der Waals surface area (Å²) >= 11 is 0. The molecule has 0 unspecified atom stereocenters. The molecule has 3 aromatic rings. The zero-order valence-electron chi connectivity index (χ0n) is 14.9. The van der Waals surface area contributed by atoms with Gasteiger partial charge in [-0.3, -0.25) is 18.6 Å². The fraction of sp³-hybridized carbons (Fsp3) is 0.500. The number of rotatable bonds is 4. The van der Waals surface area contributed by atoms with Crippen LogP contribution >= 0.6 is 0 Å². The molecule has 134 valence electrons. The van der Waals surface area contributed by atoms with Crippen LogP contribution in [-0.4, -0.2) is 36.2 Å². The van der Waals surface area contributed by atoms with Gasteiger partial charge in [-0.2, -0.15) is 4.98 Å². The molecule has 0 aromatic carbocycles. The summed E-state index contributed by atoms with van der Waals surface area (Å²) in [7, 11) is 2.74. The van der Waals surface area contributed by atoms with E-state index in [-0.39, 0.29) is 5.52 Å². The standard InChI is InChI=1S/C16H21N5O4/c1-9(2)6-19-10(3)7-20-12-13(17-15(19)20)18(4)16(24)21(14(12)23)8-11(22)25-5/h7,9H,6,8H2,1-5H3. The van der Waals surface area contributed by atoms with Gasteiger partial charge in [-0.25, -0.2) is 9.36 Å². The van der Waals surface area contributed by atoms with Gasteiger partial charge in [0.15, 0.2) is 11.2 Å². The van der Waals surface area contributed by atoms with Crippen LogP contribution < -0.4 is 11.2 Å². The number of esters is 1. The number of methoxy groups -OCH3 is 1. The van der Waals surface area contributed by atoms with Crippen LogP contribution in [0.25, 0.3) is 16.9 Å². The number of imidazole rings is 2. The van der Waals surface area contributed by atoms with Crippen molar-refractivity contribution in [3.63, 3.8) is 0 Å². The summed E-state index contributed by atoms with van der Waals surface area (Å²) in [6.07, 6.45) is 1.82. The van der Waals surface area contributed by atoms with Gasteiger partial charge >= 0.3 is 11.7 Å². The van der Waals surface area contributed by atoms with Crippen LogP contribution in [0.3, 0.4) is 0 Å².